The number of nitrogens with one attached hydrogen (secondary N) is 1. The molecule has 4 nitrogen and oxygen atoms in total. The van der Waals surface area contributed by atoms with Crippen LogP contribution in [0, 0.1) is 13.8 Å². The summed E-state index contributed by atoms with van der Waals surface area (Å²) in [5.41, 5.74) is 5.53. The number of benzene rings is 3. The van der Waals surface area contributed by atoms with Crippen LogP contribution < -0.4 is 10.1 Å². The van der Waals surface area contributed by atoms with Gasteiger partial charge in [0.15, 0.2) is 6.61 Å². The summed E-state index contributed by atoms with van der Waals surface area (Å²) in [5.74, 6) is 0.506. The van der Waals surface area contributed by atoms with Gasteiger partial charge in [-0.25, -0.2) is 4.98 Å². The van der Waals surface area contributed by atoms with Crippen LogP contribution in [0.5, 0.6) is 5.75 Å². The number of rotatable bonds is 6. The largest absolute Gasteiger partial charge is 0.483 e. The number of aromatic nitrogens is 1. The molecule has 6 heteroatoms. The minimum atomic E-state index is -0.215. The van der Waals surface area contributed by atoms with Gasteiger partial charge in [0.25, 0.3) is 5.91 Å². The summed E-state index contributed by atoms with van der Waals surface area (Å²) in [5, 5.41) is 6.42. The first-order valence-electron chi connectivity index (χ1n) is 9.81. The van der Waals surface area contributed by atoms with E-state index in [1.54, 1.807) is 0 Å². The fourth-order valence-electron chi connectivity index (χ4n) is 3.14. The van der Waals surface area contributed by atoms with Crippen LogP contribution in [0.25, 0.3) is 21.8 Å². The highest BCUT2D eigenvalue weighted by Crippen LogP contribution is 2.33. The second-order valence-electron chi connectivity index (χ2n) is 7.13. The Bertz CT molecular complexity index is 1240. The maximum absolute atomic E-state index is 12.4. The van der Waals surface area contributed by atoms with E-state index in [-0.39, 0.29) is 12.5 Å². The Kier molecular flexibility index (Phi) is 6.35. The second-order valence-corrected chi connectivity index (χ2v) is 8.40. The van der Waals surface area contributed by atoms with Crippen LogP contribution in [-0.2, 0) is 4.79 Å². The quantitative estimate of drug-likeness (QED) is 0.354. The van der Waals surface area contributed by atoms with Crippen LogP contribution in [0.3, 0.4) is 0 Å². The third-order valence-electron chi connectivity index (χ3n) is 4.96. The summed E-state index contributed by atoms with van der Waals surface area (Å²) in [6, 6.07) is 21.1. The molecule has 31 heavy (non-hydrogen) atoms. The summed E-state index contributed by atoms with van der Waals surface area (Å²) in [6.07, 6.45) is 0. The highest BCUT2D eigenvalue weighted by Gasteiger charge is 2.11. The van der Waals surface area contributed by atoms with Gasteiger partial charge in [0.1, 0.15) is 10.8 Å². The number of ether oxygens (including phenoxy) is 1. The number of nitrogens with zero attached hydrogens (tertiary/aromatic N) is 1. The fourth-order valence-corrected chi connectivity index (χ4v) is 4.29. The predicted molar refractivity (Wildman–Crippen MR) is 128 cm³/mol. The zero-order valence-corrected chi connectivity index (χ0v) is 18.8. The molecule has 0 spiro atoms. The fraction of sp³-hybridized carbons (Fsp3) is 0.120. The van der Waals surface area contributed by atoms with E-state index in [0.717, 1.165) is 38.7 Å². The van der Waals surface area contributed by atoms with Gasteiger partial charge in [0, 0.05) is 22.2 Å². The Morgan fingerprint density at radius 2 is 1.87 bits per heavy atom. The lowest BCUT2D eigenvalue weighted by molar-refractivity contribution is -0.118. The number of anilines is 1. The van der Waals surface area contributed by atoms with Gasteiger partial charge in [-0.1, -0.05) is 54.1 Å². The maximum atomic E-state index is 12.4. The Morgan fingerprint density at radius 1 is 1.06 bits per heavy atom. The Balaban J connectivity index is 1.44. The molecule has 4 rings (SSSR count). The molecule has 0 bridgehead atoms. The van der Waals surface area contributed by atoms with Gasteiger partial charge in [-0.05, 0) is 49.2 Å². The Hall–Kier alpha value is -3.15. The first-order chi connectivity index (χ1) is 15.0. The van der Waals surface area contributed by atoms with Crippen molar-refractivity contribution >= 4 is 34.5 Å². The second kappa shape index (κ2) is 9.33. The topological polar surface area (TPSA) is 51.2 Å². The van der Waals surface area contributed by atoms with E-state index in [1.807, 2.05) is 86.0 Å². The molecule has 1 heterocycles. The lowest BCUT2D eigenvalue weighted by Gasteiger charge is -2.11. The standard InChI is InChI=1S/C25H21ClN2O2S/c1-16-7-5-12-23(17(16)2)30-14-24(29)27-19-9-6-8-18(13-19)22-15-31-25(28-22)20-10-3-4-11-21(20)26/h3-13,15H,14H2,1-2H3,(H,27,29). The van der Waals surface area contributed by atoms with E-state index in [1.165, 1.54) is 11.3 Å². The molecular weight excluding hydrogens is 428 g/mol. The molecule has 0 radical (unpaired) electrons. The Labute approximate surface area is 190 Å². The summed E-state index contributed by atoms with van der Waals surface area (Å²) < 4.78 is 5.69. The monoisotopic (exact) mass is 448 g/mol. The van der Waals surface area contributed by atoms with Gasteiger partial charge in [-0.3, -0.25) is 4.79 Å². The van der Waals surface area contributed by atoms with Gasteiger partial charge in [0.2, 0.25) is 0 Å². The zero-order valence-electron chi connectivity index (χ0n) is 17.2. The van der Waals surface area contributed by atoms with Gasteiger partial charge < -0.3 is 10.1 Å². The number of thiazole rings is 1. The summed E-state index contributed by atoms with van der Waals surface area (Å²) in [6.45, 7) is 3.95. The van der Waals surface area contributed by atoms with E-state index >= 15 is 0 Å². The number of aryl methyl sites for hydroxylation is 1. The zero-order chi connectivity index (χ0) is 21.8. The van der Waals surface area contributed by atoms with Crippen molar-refractivity contribution in [2.45, 2.75) is 13.8 Å². The third-order valence-corrected chi connectivity index (χ3v) is 6.17. The molecular formula is C25H21ClN2O2S. The van der Waals surface area contributed by atoms with Crippen molar-refractivity contribution in [2.24, 2.45) is 0 Å². The van der Waals surface area contributed by atoms with Crippen molar-refractivity contribution in [1.82, 2.24) is 4.98 Å². The minimum Gasteiger partial charge on any atom is -0.483 e. The van der Waals surface area contributed by atoms with Crippen molar-refractivity contribution in [3.05, 3.63) is 88.3 Å². The Morgan fingerprint density at radius 3 is 2.71 bits per heavy atom. The molecule has 0 unspecified atom stereocenters. The van der Waals surface area contributed by atoms with Crippen LogP contribution in [0.2, 0.25) is 5.02 Å². The van der Waals surface area contributed by atoms with Gasteiger partial charge in [-0.15, -0.1) is 11.3 Å². The number of halogens is 1. The summed E-state index contributed by atoms with van der Waals surface area (Å²) in [7, 11) is 0. The van der Waals surface area contributed by atoms with Crippen molar-refractivity contribution in [2.75, 3.05) is 11.9 Å². The van der Waals surface area contributed by atoms with Crippen molar-refractivity contribution < 1.29 is 9.53 Å². The molecule has 4 aromatic rings. The first-order valence-corrected chi connectivity index (χ1v) is 11.1. The summed E-state index contributed by atoms with van der Waals surface area (Å²) >= 11 is 7.83. The number of amides is 1. The van der Waals surface area contributed by atoms with E-state index in [0.29, 0.717) is 10.7 Å². The molecule has 0 saturated carbocycles. The molecule has 0 atom stereocenters. The predicted octanol–water partition coefficient (Wildman–Crippen LogP) is 6.76. The van der Waals surface area contributed by atoms with Gasteiger partial charge in [0.05, 0.1) is 10.7 Å². The smallest absolute Gasteiger partial charge is 0.262 e. The van der Waals surface area contributed by atoms with E-state index in [9.17, 15) is 4.79 Å². The summed E-state index contributed by atoms with van der Waals surface area (Å²) in [4.78, 5) is 17.1. The van der Waals surface area contributed by atoms with Crippen molar-refractivity contribution in [1.29, 1.82) is 0 Å². The van der Waals surface area contributed by atoms with Crippen LogP contribution in [0.15, 0.2) is 72.1 Å². The molecule has 156 valence electrons. The molecule has 1 aromatic heterocycles. The van der Waals surface area contributed by atoms with Gasteiger partial charge in [-0.2, -0.15) is 0 Å². The first kappa shape index (κ1) is 21.1. The van der Waals surface area contributed by atoms with Crippen LogP contribution in [0.1, 0.15) is 11.1 Å². The molecule has 0 aliphatic rings. The van der Waals surface area contributed by atoms with Crippen LogP contribution in [-0.4, -0.2) is 17.5 Å². The highest BCUT2D eigenvalue weighted by molar-refractivity contribution is 7.13. The van der Waals surface area contributed by atoms with Crippen molar-refractivity contribution in [3.8, 4) is 27.6 Å². The molecule has 0 saturated heterocycles. The lowest BCUT2D eigenvalue weighted by atomic mass is 10.1. The number of hydrogen-bond acceptors (Lipinski definition) is 4. The molecule has 1 amide bonds. The normalized spacial score (nSPS) is 10.7. The minimum absolute atomic E-state index is 0.0537. The van der Waals surface area contributed by atoms with Crippen LogP contribution >= 0.6 is 22.9 Å². The number of carbonyl (C=O) groups is 1. The molecule has 0 aliphatic heterocycles. The van der Waals surface area contributed by atoms with Crippen molar-refractivity contribution in [3.63, 3.8) is 0 Å². The van der Waals surface area contributed by atoms with E-state index < -0.39 is 0 Å². The SMILES string of the molecule is Cc1cccc(OCC(=O)Nc2cccc(-c3csc(-c4ccccc4Cl)n3)c2)c1C. The highest BCUT2D eigenvalue weighted by atomic mass is 35.5. The maximum Gasteiger partial charge on any atom is 0.262 e. The van der Waals surface area contributed by atoms with E-state index in [2.05, 4.69) is 5.32 Å². The third kappa shape index (κ3) is 4.95. The lowest BCUT2D eigenvalue weighted by Crippen LogP contribution is -2.20. The van der Waals surface area contributed by atoms with Gasteiger partial charge >= 0.3 is 0 Å². The molecule has 0 aliphatic carbocycles. The van der Waals surface area contributed by atoms with Crippen LogP contribution in [0.4, 0.5) is 5.69 Å². The molecule has 3 aromatic carbocycles. The average molecular weight is 449 g/mol. The molecule has 1 N–H and O–H groups in total. The number of hydrogen-bond donors (Lipinski definition) is 1. The molecule has 0 fully saturated rings. The van der Waals surface area contributed by atoms with E-state index in [4.69, 9.17) is 21.3 Å². The number of carbonyl (C=O) groups excluding carboxylic acids is 1. The average Bonchev–Trinajstić information content (AvgIpc) is 3.25.